The number of rotatable bonds is 6. The Hall–Kier alpha value is -2.33. The number of aryl methyl sites for hydroxylation is 1. The molecule has 2 aromatic rings. The number of carbonyl (C=O) groups is 2. The molecule has 2 aromatic carbocycles. The second-order valence-corrected chi connectivity index (χ2v) is 8.13. The summed E-state index contributed by atoms with van der Waals surface area (Å²) >= 11 is 6.03. The molecule has 2 rings (SSSR count). The SMILES string of the molecule is CN(CC(=O)Nc1ccccc1Cl)C(=O)CCc1ccc(C(C)(C)C)cc1. The van der Waals surface area contributed by atoms with Crippen molar-refractivity contribution in [2.45, 2.75) is 39.0 Å². The average molecular weight is 387 g/mol. The van der Waals surface area contributed by atoms with Crippen molar-refractivity contribution in [2.75, 3.05) is 18.9 Å². The molecule has 0 saturated carbocycles. The number of amides is 2. The summed E-state index contributed by atoms with van der Waals surface area (Å²) in [5.74, 6) is -0.335. The minimum absolute atomic E-state index is 0.00693. The number of likely N-dealkylation sites (N-methyl/N-ethyl adjacent to an activating group) is 1. The molecule has 0 aliphatic carbocycles. The molecule has 0 saturated heterocycles. The maximum Gasteiger partial charge on any atom is 0.244 e. The summed E-state index contributed by atoms with van der Waals surface area (Å²) in [5.41, 5.74) is 3.05. The van der Waals surface area contributed by atoms with E-state index in [1.54, 1.807) is 31.3 Å². The van der Waals surface area contributed by atoms with Gasteiger partial charge in [0.25, 0.3) is 0 Å². The minimum atomic E-state index is -0.270. The molecule has 0 heterocycles. The topological polar surface area (TPSA) is 49.4 Å². The number of para-hydroxylation sites is 1. The summed E-state index contributed by atoms with van der Waals surface area (Å²) in [5, 5.41) is 3.20. The molecule has 0 bridgehead atoms. The van der Waals surface area contributed by atoms with Crippen molar-refractivity contribution in [3.05, 3.63) is 64.7 Å². The first-order chi connectivity index (χ1) is 12.7. The third-order valence-electron chi connectivity index (χ3n) is 4.40. The zero-order valence-electron chi connectivity index (χ0n) is 16.4. The van der Waals surface area contributed by atoms with Crippen molar-refractivity contribution in [1.29, 1.82) is 0 Å². The van der Waals surface area contributed by atoms with E-state index in [1.165, 1.54) is 10.5 Å². The Bertz CT molecular complexity index is 795. The van der Waals surface area contributed by atoms with Gasteiger partial charge in [0.05, 0.1) is 17.3 Å². The molecule has 1 N–H and O–H groups in total. The second-order valence-electron chi connectivity index (χ2n) is 7.72. The Morgan fingerprint density at radius 2 is 1.67 bits per heavy atom. The molecule has 5 heteroatoms. The van der Waals surface area contributed by atoms with Crippen molar-refractivity contribution in [3.63, 3.8) is 0 Å². The highest BCUT2D eigenvalue weighted by Gasteiger charge is 2.15. The largest absolute Gasteiger partial charge is 0.336 e. The van der Waals surface area contributed by atoms with Gasteiger partial charge in [0.1, 0.15) is 0 Å². The fraction of sp³-hybridized carbons (Fsp3) is 0.364. The molecule has 0 unspecified atom stereocenters. The number of benzene rings is 2. The molecule has 4 nitrogen and oxygen atoms in total. The predicted molar refractivity (Wildman–Crippen MR) is 111 cm³/mol. The molecular weight excluding hydrogens is 360 g/mol. The van der Waals surface area contributed by atoms with E-state index in [1.807, 2.05) is 0 Å². The average Bonchev–Trinajstić information content (AvgIpc) is 2.61. The van der Waals surface area contributed by atoms with Crippen LogP contribution in [0.4, 0.5) is 5.69 Å². The Labute approximate surface area is 166 Å². The predicted octanol–water partition coefficient (Wildman–Crippen LogP) is 4.67. The highest BCUT2D eigenvalue weighted by Crippen LogP contribution is 2.22. The van der Waals surface area contributed by atoms with Gasteiger partial charge in [-0.1, -0.05) is 68.8 Å². The van der Waals surface area contributed by atoms with Crippen LogP contribution in [0, 0.1) is 0 Å². The first kappa shape index (κ1) is 21.0. The number of hydrogen-bond donors (Lipinski definition) is 1. The summed E-state index contributed by atoms with van der Waals surface area (Å²) in [6.07, 6.45) is 1.02. The standard InChI is InChI=1S/C22H27ClN2O2/c1-22(2,3)17-12-9-16(10-13-17)11-14-21(27)25(4)15-20(26)24-19-8-6-5-7-18(19)23/h5-10,12-13H,11,14-15H2,1-4H3,(H,24,26). The molecule has 0 aliphatic rings. The van der Waals surface area contributed by atoms with Crippen molar-refractivity contribution >= 4 is 29.1 Å². The van der Waals surface area contributed by atoms with E-state index in [-0.39, 0.29) is 23.8 Å². The summed E-state index contributed by atoms with van der Waals surface area (Å²) in [6, 6.07) is 15.4. The fourth-order valence-corrected chi connectivity index (χ4v) is 2.85. The van der Waals surface area contributed by atoms with E-state index in [4.69, 9.17) is 11.6 Å². The lowest BCUT2D eigenvalue weighted by Crippen LogP contribution is -2.35. The maximum atomic E-state index is 12.3. The van der Waals surface area contributed by atoms with Gasteiger partial charge in [-0.15, -0.1) is 0 Å². The summed E-state index contributed by atoms with van der Waals surface area (Å²) in [7, 11) is 1.64. The van der Waals surface area contributed by atoms with E-state index < -0.39 is 0 Å². The summed E-state index contributed by atoms with van der Waals surface area (Å²) < 4.78 is 0. The van der Waals surface area contributed by atoms with Crippen LogP contribution in [0.2, 0.25) is 5.02 Å². The molecule has 2 amide bonds. The Kier molecular flexibility index (Phi) is 7.03. The van der Waals surface area contributed by atoms with Crippen LogP contribution in [-0.4, -0.2) is 30.3 Å². The van der Waals surface area contributed by atoms with Gasteiger partial charge in [0, 0.05) is 13.5 Å². The smallest absolute Gasteiger partial charge is 0.244 e. The van der Waals surface area contributed by atoms with Gasteiger partial charge in [-0.3, -0.25) is 9.59 Å². The first-order valence-electron chi connectivity index (χ1n) is 9.04. The van der Waals surface area contributed by atoms with E-state index in [9.17, 15) is 9.59 Å². The third kappa shape index (κ3) is 6.40. The highest BCUT2D eigenvalue weighted by atomic mass is 35.5. The van der Waals surface area contributed by atoms with Gasteiger partial charge in [-0.2, -0.15) is 0 Å². The molecule has 0 aromatic heterocycles. The van der Waals surface area contributed by atoms with Crippen LogP contribution in [0.15, 0.2) is 48.5 Å². The number of nitrogens with one attached hydrogen (secondary N) is 1. The Morgan fingerprint density at radius 3 is 2.26 bits per heavy atom. The molecule has 0 radical (unpaired) electrons. The van der Waals surface area contributed by atoms with Gasteiger partial charge in [0.2, 0.25) is 11.8 Å². The summed E-state index contributed by atoms with van der Waals surface area (Å²) in [6.45, 7) is 6.52. The van der Waals surface area contributed by atoms with Crippen molar-refractivity contribution in [1.82, 2.24) is 4.90 Å². The Balaban J connectivity index is 1.83. The molecule has 0 aliphatic heterocycles. The number of carbonyl (C=O) groups excluding carboxylic acids is 2. The van der Waals surface area contributed by atoms with Crippen molar-refractivity contribution in [2.24, 2.45) is 0 Å². The fourth-order valence-electron chi connectivity index (χ4n) is 2.67. The number of anilines is 1. The number of nitrogens with zero attached hydrogens (tertiary/aromatic N) is 1. The Morgan fingerprint density at radius 1 is 1.04 bits per heavy atom. The minimum Gasteiger partial charge on any atom is -0.336 e. The van der Waals surface area contributed by atoms with Gasteiger partial charge in [-0.25, -0.2) is 0 Å². The monoisotopic (exact) mass is 386 g/mol. The number of halogens is 1. The van der Waals surface area contributed by atoms with Crippen LogP contribution in [0.3, 0.4) is 0 Å². The van der Waals surface area contributed by atoms with E-state index in [0.717, 1.165) is 5.56 Å². The van der Waals surface area contributed by atoms with Gasteiger partial charge in [0.15, 0.2) is 0 Å². The maximum absolute atomic E-state index is 12.3. The van der Waals surface area contributed by atoms with E-state index >= 15 is 0 Å². The molecule has 0 spiro atoms. The molecule has 144 valence electrons. The first-order valence-corrected chi connectivity index (χ1v) is 9.42. The lowest BCUT2D eigenvalue weighted by Gasteiger charge is -2.19. The lowest BCUT2D eigenvalue weighted by molar-refractivity contribution is -0.133. The van der Waals surface area contributed by atoms with Crippen LogP contribution in [0.25, 0.3) is 0 Å². The molecule has 27 heavy (non-hydrogen) atoms. The highest BCUT2D eigenvalue weighted by molar-refractivity contribution is 6.33. The van der Waals surface area contributed by atoms with Gasteiger partial charge in [-0.05, 0) is 35.1 Å². The van der Waals surface area contributed by atoms with Crippen molar-refractivity contribution < 1.29 is 9.59 Å². The quantitative estimate of drug-likeness (QED) is 0.784. The van der Waals surface area contributed by atoms with Crippen LogP contribution < -0.4 is 5.32 Å². The molecular formula is C22H27ClN2O2. The molecule has 0 fully saturated rings. The van der Waals surface area contributed by atoms with Crippen LogP contribution in [0.1, 0.15) is 38.3 Å². The van der Waals surface area contributed by atoms with E-state index in [0.29, 0.717) is 23.6 Å². The normalized spacial score (nSPS) is 11.1. The second kappa shape index (κ2) is 9.05. The molecule has 0 atom stereocenters. The zero-order chi connectivity index (χ0) is 20.0. The van der Waals surface area contributed by atoms with Gasteiger partial charge < -0.3 is 10.2 Å². The van der Waals surface area contributed by atoms with Crippen LogP contribution in [0.5, 0.6) is 0 Å². The lowest BCUT2D eigenvalue weighted by atomic mass is 9.86. The van der Waals surface area contributed by atoms with Crippen molar-refractivity contribution in [3.8, 4) is 0 Å². The summed E-state index contributed by atoms with van der Waals surface area (Å²) in [4.78, 5) is 25.9. The zero-order valence-corrected chi connectivity index (χ0v) is 17.1. The third-order valence-corrected chi connectivity index (χ3v) is 4.73. The van der Waals surface area contributed by atoms with Crippen LogP contribution in [-0.2, 0) is 21.4 Å². The van der Waals surface area contributed by atoms with Gasteiger partial charge >= 0.3 is 0 Å². The number of hydrogen-bond acceptors (Lipinski definition) is 2. The van der Waals surface area contributed by atoms with E-state index in [2.05, 4.69) is 50.4 Å². The van der Waals surface area contributed by atoms with Crippen LogP contribution >= 0.6 is 11.6 Å².